The molecule has 0 amide bonds. The van der Waals surface area contributed by atoms with E-state index in [0.717, 1.165) is 19.4 Å². The summed E-state index contributed by atoms with van der Waals surface area (Å²) in [7, 11) is 0. The van der Waals surface area contributed by atoms with Crippen LogP contribution in [0.4, 0.5) is 4.39 Å². The van der Waals surface area contributed by atoms with Gasteiger partial charge in [-0.1, -0.05) is 12.1 Å². The molecule has 17 heavy (non-hydrogen) atoms. The second-order valence-electron chi connectivity index (χ2n) is 4.67. The van der Waals surface area contributed by atoms with Crippen molar-refractivity contribution in [3.8, 4) is 5.75 Å². The van der Waals surface area contributed by atoms with E-state index < -0.39 is 0 Å². The van der Waals surface area contributed by atoms with Gasteiger partial charge in [0.25, 0.3) is 0 Å². The third-order valence-electron chi connectivity index (χ3n) is 3.27. The van der Waals surface area contributed by atoms with Gasteiger partial charge in [0.2, 0.25) is 0 Å². The Balaban J connectivity index is 1.72. The molecule has 0 aliphatic carbocycles. The highest BCUT2D eigenvalue weighted by Crippen LogP contribution is 2.20. The molecule has 1 fully saturated rings. The molecule has 1 unspecified atom stereocenters. The van der Waals surface area contributed by atoms with E-state index in [2.05, 4.69) is 5.32 Å². The van der Waals surface area contributed by atoms with E-state index in [1.165, 1.54) is 12.8 Å². The highest BCUT2D eigenvalue weighted by Gasteiger charge is 2.13. The summed E-state index contributed by atoms with van der Waals surface area (Å²) in [6.07, 6.45) is 4.63. The summed E-state index contributed by atoms with van der Waals surface area (Å²) >= 11 is 0. The Hall–Kier alpha value is -1.09. The summed E-state index contributed by atoms with van der Waals surface area (Å²) in [6, 6.07) is 5.91. The van der Waals surface area contributed by atoms with Gasteiger partial charge in [0.05, 0.1) is 6.61 Å². The van der Waals surface area contributed by atoms with Gasteiger partial charge in [-0.25, -0.2) is 4.39 Å². The first-order valence-corrected chi connectivity index (χ1v) is 6.38. The molecular weight excluding hydrogens is 217 g/mol. The van der Waals surface area contributed by atoms with Crippen molar-refractivity contribution in [2.24, 2.45) is 0 Å². The van der Waals surface area contributed by atoms with Gasteiger partial charge >= 0.3 is 0 Å². The van der Waals surface area contributed by atoms with E-state index in [-0.39, 0.29) is 5.82 Å². The fourth-order valence-electron chi connectivity index (χ4n) is 2.25. The van der Waals surface area contributed by atoms with E-state index in [0.29, 0.717) is 24.0 Å². The third-order valence-corrected chi connectivity index (χ3v) is 3.27. The Morgan fingerprint density at radius 2 is 2.35 bits per heavy atom. The smallest absolute Gasteiger partial charge is 0.167 e. The minimum absolute atomic E-state index is 0.230. The zero-order valence-corrected chi connectivity index (χ0v) is 10.3. The van der Waals surface area contributed by atoms with Gasteiger partial charge in [0.15, 0.2) is 11.6 Å². The lowest BCUT2D eigenvalue weighted by atomic mass is 10.1. The number of hydrogen-bond donors (Lipinski definition) is 1. The van der Waals surface area contributed by atoms with Crippen LogP contribution in [0, 0.1) is 12.7 Å². The Kier molecular flexibility index (Phi) is 4.37. The van der Waals surface area contributed by atoms with E-state index in [1.807, 2.05) is 6.07 Å². The van der Waals surface area contributed by atoms with Crippen LogP contribution in [0.5, 0.6) is 5.75 Å². The van der Waals surface area contributed by atoms with Gasteiger partial charge < -0.3 is 10.1 Å². The highest BCUT2D eigenvalue weighted by molar-refractivity contribution is 5.29. The Morgan fingerprint density at radius 3 is 3.12 bits per heavy atom. The number of aryl methyl sites for hydroxylation is 1. The van der Waals surface area contributed by atoms with Crippen molar-refractivity contribution in [2.75, 3.05) is 13.2 Å². The standard InChI is InChI=1S/C14H20FNO/c1-11-5-2-8-13(14(11)15)17-10-4-7-12-6-3-9-16-12/h2,5,8,12,16H,3-4,6-7,9-10H2,1H3. The molecule has 1 atom stereocenters. The van der Waals surface area contributed by atoms with Crippen molar-refractivity contribution in [2.45, 2.75) is 38.6 Å². The van der Waals surface area contributed by atoms with Crippen LogP contribution in [0.2, 0.25) is 0 Å². The summed E-state index contributed by atoms with van der Waals surface area (Å²) in [4.78, 5) is 0. The summed E-state index contributed by atoms with van der Waals surface area (Å²) < 4.78 is 19.1. The molecule has 1 aliphatic rings. The summed E-state index contributed by atoms with van der Waals surface area (Å²) in [5.74, 6) is 0.149. The summed E-state index contributed by atoms with van der Waals surface area (Å²) in [5, 5.41) is 3.45. The zero-order chi connectivity index (χ0) is 12.1. The fraction of sp³-hybridized carbons (Fsp3) is 0.571. The first kappa shape index (κ1) is 12.4. The molecule has 3 heteroatoms. The number of hydrogen-bond acceptors (Lipinski definition) is 2. The van der Waals surface area contributed by atoms with Crippen LogP contribution in [-0.4, -0.2) is 19.2 Å². The fourth-order valence-corrected chi connectivity index (χ4v) is 2.25. The largest absolute Gasteiger partial charge is 0.491 e. The molecular formula is C14H20FNO. The molecule has 1 aromatic rings. The maximum absolute atomic E-state index is 13.6. The van der Waals surface area contributed by atoms with Crippen LogP contribution >= 0.6 is 0 Å². The van der Waals surface area contributed by atoms with Crippen LogP contribution in [0.3, 0.4) is 0 Å². The first-order valence-electron chi connectivity index (χ1n) is 6.38. The molecule has 1 N–H and O–H groups in total. The van der Waals surface area contributed by atoms with Gasteiger partial charge in [-0.2, -0.15) is 0 Å². The maximum atomic E-state index is 13.6. The quantitative estimate of drug-likeness (QED) is 0.795. The highest BCUT2D eigenvalue weighted by atomic mass is 19.1. The average Bonchev–Trinajstić information content (AvgIpc) is 2.83. The maximum Gasteiger partial charge on any atom is 0.167 e. The molecule has 94 valence electrons. The van der Waals surface area contributed by atoms with Gasteiger partial charge in [-0.15, -0.1) is 0 Å². The first-order chi connectivity index (χ1) is 8.27. The molecule has 0 aromatic heterocycles. The number of rotatable bonds is 5. The zero-order valence-electron chi connectivity index (χ0n) is 10.3. The second-order valence-corrected chi connectivity index (χ2v) is 4.67. The molecule has 0 spiro atoms. The van der Waals surface area contributed by atoms with E-state index in [4.69, 9.17) is 4.74 Å². The summed E-state index contributed by atoms with van der Waals surface area (Å²) in [6.45, 7) is 3.49. The van der Waals surface area contributed by atoms with Crippen molar-refractivity contribution in [1.82, 2.24) is 5.32 Å². The third kappa shape index (κ3) is 3.43. The van der Waals surface area contributed by atoms with Crippen molar-refractivity contribution in [3.63, 3.8) is 0 Å². The lowest BCUT2D eigenvalue weighted by Gasteiger charge is -2.11. The van der Waals surface area contributed by atoms with Crippen molar-refractivity contribution in [1.29, 1.82) is 0 Å². The molecule has 1 heterocycles. The molecule has 0 saturated carbocycles. The molecule has 1 aliphatic heterocycles. The van der Waals surface area contributed by atoms with Gasteiger partial charge in [0, 0.05) is 6.04 Å². The van der Waals surface area contributed by atoms with Crippen molar-refractivity contribution < 1.29 is 9.13 Å². The van der Waals surface area contributed by atoms with Crippen LogP contribution in [0.15, 0.2) is 18.2 Å². The van der Waals surface area contributed by atoms with Crippen molar-refractivity contribution >= 4 is 0 Å². The Morgan fingerprint density at radius 1 is 1.47 bits per heavy atom. The lowest BCUT2D eigenvalue weighted by molar-refractivity contribution is 0.285. The predicted octanol–water partition coefficient (Wildman–Crippen LogP) is 3.05. The average molecular weight is 237 g/mol. The normalized spacial score (nSPS) is 19.5. The molecule has 1 aromatic carbocycles. The molecule has 1 saturated heterocycles. The molecule has 0 radical (unpaired) electrons. The molecule has 0 bridgehead atoms. The number of benzene rings is 1. The minimum Gasteiger partial charge on any atom is -0.491 e. The Labute approximate surface area is 102 Å². The number of ether oxygens (including phenoxy) is 1. The molecule has 2 rings (SSSR count). The Bertz CT molecular complexity index is 361. The minimum atomic E-state index is -0.230. The summed E-state index contributed by atoms with van der Waals surface area (Å²) in [5.41, 5.74) is 0.639. The SMILES string of the molecule is Cc1cccc(OCCCC2CCCN2)c1F. The number of halogens is 1. The van der Waals surface area contributed by atoms with Gasteiger partial charge in [-0.05, 0) is 50.8 Å². The van der Waals surface area contributed by atoms with Gasteiger partial charge in [-0.3, -0.25) is 0 Å². The molecule has 2 nitrogen and oxygen atoms in total. The van der Waals surface area contributed by atoms with Crippen LogP contribution < -0.4 is 10.1 Å². The lowest BCUT2D eigenvalue weighted by Crippen LogP contribution is -2.21. The van der Waals surface area contributed by atoms with E-state index in [1.54, 1.807) is 19.1 Å². The van der Waals surface area contributed by atoms with E-state index in [9.17, 15) is 4.39 Å². The monoisotopic (exact) mass is 237 g/mol. The van der Waals surface area contributed by atoms with Crippen molar-refractivity contribution in [3.05, 3.63) is 29.6 Å². The predicted molar refractivity (Wildman–Crippen MR) is 66.9 cm³/mol. The van der Waals surface area contributed by atoms with Crippen LogP contribution in [0.1, 0.15) is 31.2 Å². The topological polar surface area (TPSA) is 21.3 Å². The van der Waals surface area contributed by atoms with Crippen LogP contribution in [0.25, 0.3) is 0 Å². The van der Waals surface area contributed by atoms with Crippen LogP contribution in [-0.2, 0) is 0 Å². The second kappa shape index (κ2) is 6.01. The van der Waals surface area contributed by atoms with E-state index >= 15 is 0 Å². The van der Waals surface area contributed by atoms with Gasteiger partial charge in [0.1, 0.15) is 0 Å². The number of nitrogens with one attached hydrogen (secondary N) is 1.